The quantitative estimate of drug-likeness (QED) is 0.925. The summed E-state index contributed by atoms with van der Waals surface area (Å²) < 4.78 is 0.607. The Morgan fingerprint density at radius 3 is 2.32 bits per heavy atom. The zero-order valence-corrected chi connectivity index (χ0v) is 12.5. The molecule has 1 aliphatic carbocycles. The molecular formula is C14H16BrNO3. The van der Waals surface area contributed by atoms with Gasteiger partial charge >= 0.3 is 5.97 Å². The van der Waals surface area contributed by atoms with E-state index in [0.29, 0.717) is 16.1 Å². The number of amides is 1. The molecule has 0 aliphatic heterocycles. The van der Waals surface area contributed by atoms with Crippen LogP contribution in [0.15, 0.2) is 22.7 Å². The molecule has 1 aromatic rings. The Bertz CT molecular complexity index is 521. The van der Waals surface area contributed by atoms with E-state index in [9.17, 15) is 9.59 Å². The monoisotopic (exact) mass is 325 g/mol. The van der Waals surface area contributed by atoms with Gasteiger partial charge in [0.05, 0.1) is 5.56 Å². The molecule has 2 rings (SSSR count). The van der Waals surface area contributed by atoms with Crippen LogP contribution in [0.1, 0.15) is 47.4 Å². The summed E-state index contributed by atoms with van der Waals surface area (Å²) in [6.07, 6.45) is 2.06. The molecule has 1 N–H and O–H groups in total. The maximum Gasteiger partial charge on any atom is 0.335 e. The number of carboxylic acid groups (broad SMARTS) is 1. The highest BCUT2D eigenvalue weighted by Gasteiger charge is 2.34. The van der Waals surface area contributed by atoms with Gasteiger partial charge in [0.1, 0.15) is 0 Å². The van der Waals surface area contributed by atoms with Crippen LogP contribution in [0.3, 0.4) is 0 Å². The zero-order chi connectivity index (χ0) is 14.2. The second kappa shape index (κ2) is 5.33. The van der Waals surface area contributed by atoms with Gasteiger partial charge in [0.15, 0.2) is 0 Å². The van der Waals surface area contributed by atoms with Crippen molar-refractivity contribution >= 4 is 27.8 Å². The van der Waals surface area contributed by atoms with Gasteiger partial charge in [0.25, 0.3) is 5.91 Å². The topological polar surface area (TPSA) is 57.6 Å². The maximum absolute atomic E-state index is 12.5. The average molecular weight is 326 g/mol. The van der Waals surface area contributed by atoms with E-state index >= 15 is 0 Å². The molecule has 0 saturated heterocycles. The molecule has 4 nitrogen and oxygen atoms in total. The van der Waals surface area contributed by atoms with E-state index in [-0.39, 0.29) is 17.5 Å². The Morgan fingerprint density at radius 2 is 1.84 bits per heavy atom. The van der Waals surface area contributed by atoms with Gasteiger partial charge in [-0.25, -0.2) is 4.79 Å². The summed E-state index contributed by atoms with van der Waals surface area (Å²) in [5.74, 6) is -1.13. The van der Waals surface area contributed by atoms with Gasteiger partial charge in [-0.05, 0) is 44.9 Å². The minimum atomic E-state index is -1.03. The third kappa shape index (κ3) is 3.15. The summed E-state index contributed by atoms with van der Waals surface area (Å²) in [6.45, 7) is 3.96. The molecule has 0 bridgehead atoms. The lowest BCUT2D eigenvalue weighted by molar-refractivity contribution is 0.0690. The molecule has 19 heavy (non-hydrogen) atoms. The maximum atomic E-state index is 12.5. The largest absolute Gasteiger partial charge is 0.478 e. The number of hydrogen-bond donors (Lipinski definition) is 1. The number of hydrogen-bond acceptors (Lipinski definition) is 2. The van der Waals surface area contributed by atoms with Crippen molar-refractivity contribution in [2.45, 2.75) is 38.8 Å². The highest BCUT2D eigenvalue weighted by Crippen LogP contribution is 2.30. The van der Waals surface area contributed by atoms with E-state index < -0.39 is 5.97 Å². The van der Waals surface area contributed by atoms with E-state index in [1.165, 1.54) is 12.1 Å². The first-order valence-electron chi connectivity index (χ1n) is 6.26. The SMILES string of the molecule is CC(C)N(C(=O)c1cc(Br)cc(C(=O)O)c1)C1CC1. The molecule has 1 aliphatic rings. The number of nitrogens with zero attached hydrogens (tertiary/aromatic N) is 1. The van der Waals surface area contributed by atoms with Crippen LogP contribution in [-0.4, -0.2) is 34.0 Å². The second-order valence-electron chi connectivity index (χ2n) is 5.07. The van der Waals surface area contributed by atoms with Crippen molar-refractivity contribution in [1.29, 1.82) is 0 Å². The van der Waals surface area contributed by atoms with Crippen molar-refractivity contribution in [3.05, 3.63) is 33.8 Å². The zero-order valence-electron chi connectivity index (χ0n) is 10.9. The molecular weight excluding hydrogens is 310 g/mol. The fourth-order valence-corrected chi connectivity index (χ4v) is 2.65. The fourth-order valence-electron chi connectivity index (χ4n) is 2.16. The first-order chi connectivity index (χ1) is 8.90. The van der Waals surface area contributed by atoms with Crippen LogP contribution in [0.4, 0.5) is 0 Å². The minimum absolute atomic E-state index is 0.0960. The summed E-state index contributed by atoms with van der Waals surface area (Å²) >= 11 is 3.25. The first-order valence-corrected chi connectivity index (χ1v) is 7.06. The number of aromatic carboxylic acids is 1. The fraction of sp³-hybridized carbons (Fsp3) is 0.429. The van der Waals surface area contributed by atoms with E-state index in [0.717, 1.165) is 12.8 Å². The number of carbonyl (C=O) groups excluding carboxylic acids is 1. The standard InChI is InChI=1S/C14H16BrNO3/c1-8(2)16(12-3-4-12)13(17)9-5-10(14(18)19)7-11(15)6-9/h5-8,12H,3-4H2,1-2H3,(H,18,19). The van der Waals surface area contributed by atoms with E-state index in [2.05, 4.69) is 15.9 Å². The Kier molecular flexibility index (Phi) is 3.94. The van der Waals surface area contributed by atoms with Crippen molar-refractivity contribution in [3.8, 4) is 0 Å². The molecule has 102 valence electrons. The number of carboxylic acids is 1. The summed E-state index contributed by atoms with van der Waals surface area (Å²) in [7, 11) is 0. The van der Waals surface area contributed by atoms with Gasteiger partial charge in [-0.2, -0.15) is 0 Å². The molecule has 1 aromatic carbocycles. The van der Waals surface area contributed by atoms with Gasteiger partial charge < -0.3 is 10.0 Å². The van der Waals surface area contributed by atoms with Crippen LogP contribution in [-0.2, 0) is 0 Å². The normalized spacial score (nSPS) is 14.5. The number of rotatable bonds is 4. The van der Waals surface area contributed by atoms with Gasteiger partial charge in [-0.15, -0.1) is 0 Å². The molecule has 1 amide bonds. The Morgan fingerprint density at radius 1 is 1.26 bits per heavy atom. The average Bonchev–Trinajstić information content (AvgIpc) is 3.12. The highest BCUT2D eigenvalue weighted by molar-refractivity contribution is 9.10. The van der Waals surface area contributed by atoms with Crippen molar-refractivity contribution in [3.63, 3.8) is 0 Å². The smallest absolute Gasteiger partial charge is 0.335 e. The van der Waals surface area contributed by atoms with Crippen LogP contribution in [0.5, 0.6) is 0 Å². The molecule has 0 spiro atoms. The summed E-state index contributed by atoms with van der Waals surface area (Å²) in [5, 5.41) is 9.04. The van der Waals surface area contributed by atoms with Crippen molar-refractivity contribution in [2.75, 3.05) is 0 Å². The Hall–Kier alpha value is -1.36. The number of carbonyl (C=O) groups is 2. The van der Waals surface area contributed by atoms with Crippen molar-refractivity contribution < 1.29 is 14.7 Å². The number of halogens is 1. The number of benzene rings is 1. The molecule has 5 heteroatoms. The van der Waals surface area contributed by atoms with Crippen LogP contribution in [0, 0.1) is 0 Å². The lowest BCUT2D eigenvalue weighted by atomic mass is 10.1. The summed E-state index contributed by atoms with van der Waals surface area (Å²) in [4.78, 5) is 25.4. The van der Waals surface area contributed by atoms with Gasteiger partial charge in [0, 0.05) is 22.1 Å². The molecule has 0 aromatic heterocycles. The molecule has 0 atom stereocenters. The highest BCUT2D eigenvalue weighted by atomic mass is 79.9. The van der Waals surface area contributed by atoms with Gasteiger partial charge in [-0.3, -0.25) is 4.79 Å². The summed E-state index contributed by atoms with van der Waals surface area (Å²) in [6, 6.07) is 5.03. The van der Waals surface area contributed by atoms with E-state index in [4.69, 9.17) is 5.11 Å². The molecule has 1 saturated carbocycles. The third-order valence-corrected chi connectivity index (χ3v) is 3.58. The molecule has 1 fully saturated rings. The van der Waals surface area contributed by atoms with E-state index in [1.54, 1.807) is 6.07 Å². The Balaban J connectivity index is 2.34. The predicted octanol–water partition coefficient (Wildman–Crippen LogP) is 3.16. The van der Waals surface area contributed by atoms with E-state index in [1.807, 2.05) is 18.7 Å². The molecule has 0 heterocycles. The van der Waals surface area contributed by atoms with Gasteiger partial charge in [0.2, 0.25) is 0 Å². The van der Waals surface area contributed by atoms with Crippen LogP contribution in [0.2, 0.25) is 0 Å². The van der Waals surface area contributed by atoms with Crippen LogP contribution in [0.25, 0.3) is 0 Å². The third-order valence-electron chi connectivity index (χ3n) is 3.12. The first kappa shape index (κ1) is 14.1. The minimum Gasteiger partial charge on any atom is -0.478 e. The van der Waals surface area contributed by atoms with Crippen molar-refractivity contribution in [2.24, 2.45) is 0 Å². The van der Waals surface area contributed by atoms with Crippen molar-refractivity contribution in [1.82, 2.24) is 4.90 Å². The van der Waals surface area contributed by atoms with Crippen LogP contribution >= 0.6 is 15.9 Å². The predicted molar refractivity (Wildman–Crippen MR) is 75.4 cm³/mol. The molecule has 0 unspecified atom stereocenters. The lowest BCUT2D eigenvalue weighted by Crippen LogP contribution is -2.38. The molecule has 0 radical (unpaired) electrons. The Labute approximate surface area is 120 Å². The lowest BCUT2D eigenvalue weighted by Gasteiger charge is -2.27. The second-order valence-corrected chi connectivity index (χ2v) is 5.99. The summed E-state index contributed by atoms with van der Waals surface area (Å²) in [5.41, 5.74) is 0.546. The van der Waals surface area contributed by atoms with Gasteiger partial charge in [-0.1, -0.05) is 15.9 Å². The van der Waals surface area contributed by atoms with Crippen LogP contribution < -0.4 is 0 Å².